The Bertz CT molecular complexity index is 878. The maximum absolute atomic E-state index is 11.8. The van der Waals surface area contributed by atoms with E-state index in [9.17, 15) is 4.79 Å². The molecule has 3 rings (SSSR count). The summed E-state index contributed by atoms with van der Waals surface area (Å²) in [5.74, 6) is 0.00392. The second-order valence-electron chi connectivity index (χ2n) is 6.01. The predicted molar refractivity (Wildman–Crippen MR) is 91.7 cm³/mol. The molecule has 118 valence electrons. The van der Waals surface area contributed by atoms with Crippen LogP contribution in [0.2, 0.25) is 0 Å². The summed E-state index contributed by atoms with van der Waals surface area (Å²) in [4.78, 5) is 19.6. The lowest BCUT2D eigenvalue weighted by atomic mass is 9.95. The number of pyridine rings is 1. The smallest absolute Gasteiger partial charge is 0.337 e. The summed E-state index contributed by atoms with van der Waals surface area (Å²) >= 11 is 0. The number of H-pyrrole nitrogens is 1. The molecule has 0 bridgehead atoms. The molecule has 0 spiro atoms. The fourth-order valence-electron chi connectivity index (χ4n) is 2.99. The van der Waals surface area contributed by atoms with Crippen LogP contribution in [0, 0.1) is 6.92 Å². The molecule has 2 aromatic heterocycles. The van der Waals surface area contributed by atoms with E-state index in [1.807, 2.05) is 31.3 Å². The van der Waals surface area contributed by atoms with Crippen LogP contribution in [0.3, 0.4) is 0 Å². The average Bonchev–Trinajstić information content (AvgIpc) is 2.92. The molecule has 0 atom stereocenters. The molecule has 0 unspecified atom stereocenters. The minimum Gasteiger partial charge on any atom is -0.465 e. The number of nitrogens with zero attached hydrogens (tertiary/aromatic N) is 1. The van der Waals surface area contributed by atoms with Crippen molar-refractivity contribution >= 4 is 16.9 Å². The van der Waals surface area contributed by atoms with E-state index in [2.05, 4.69) is 29.9 Å². The van der Waals surface area contributed by atoms with Crippen molar-refractivity contribution in [2.24, 2.45) is 0 Å². The van der Waals surface area contributed by atoms with Gasteiger partial charge in [0.2, 0.25) is 0 Å². The molecule has 4 nitrogen and oxygen atoms in total. The normalized spacial score (nSPS) is 11.2. The number of methoxy groups -OCH3 is 1. The number of hydrogen-bond donors (Lipinski definition) is 1. The summed E-state index contributed by atoms with van der Waals surface area (Å²) in [5.41, 5.74) is 5.96. The Morgan fingerprint density at radius 1 is 1.22 bits per heavy atom. The van der Waals surface area contributed by atoms with E-state index in [0.29, 0.717) is 11.5 Å². The molecule has 0 aliphatic carbocycles. The molecule has 23 heavy (non-hydrogen) atoms. The van der Waals surface area contributed by atoms with Gasteiger partial charge in [-0.25, -0.2) is 4.79 Å². The van der Waals surface area contributed by atoms with Crippen LogP contribution in [0.15, 0.2) is 36.5 Å². The number of ether oxygens (including phenoxy) is 1. The highest BCUT2D eigenvalue weighted by Gasteiger charge is 2.18. The van der Waals surface area contributed by atoms with Gasteiger partial charge in [-0.2, -0.15) is 0 Å². The first kappa shape index (κ1) is 15.3. The molecule has 3 aromatic rings. The van der Waals surface area contributed by atoms with Gasteiger partial charge in [0.1, 0.15) is 0 Å². The molecule has 0 aliphatic heterocycles. The molecule has 0 fully saturated rings. The van der Waals surface area contributed by atoms with Crippen molar-refractivity contribution in [2.75, 3.05) is 7.11 Å². The van der Waals surface area contributed by atoms with E-state index in [4.69, 9.17) is 4.74 Å². The summed E-state index contributed by atoms with van der Waals surface area (Å²) < 4.78 is 4.84. The first-order chi connectivity index (χ1) is 11.0. The fraction of sp³-hybridized carbons (Fsp3) is 0.263. The number of aromatic amines is 1. The van der Waals surface area contributed by atoms with Crippen LogP contribution in [-0.4, -0.2) is 23.0 Å². The molecule has 0 radical (unpaired) electrons. The number of aromatic nitrogens is 2. The maximum Gasteiger partial charge on any atom is 0.337 e. The number of fused-ring (bicyclic) bond motifs is 1. The van der Waals surface area contributed by atoms with E-state index >= 15 is 0 Å². The Kier molecular flexibility index (Phi) is 3.90. The van der Waals surface area contributed by atoms with Crippen molar-refractivity contribution in [3.05, 3.63) is 53.3 Å². The van der Waals surface area contributed by atoms with Gasteiger partial charge in [-0.15, -0.1) is 0 Å². The number of rotatable bonds is 3. The van der Waals surface area contributed by atoms with Crippen molar-refractivity contribution in [1.29, 1.82) is 0 Å². The minimum atomic E-state index is -0.316. The Morgan fingerprint density at radius 2 is 2.00 bits per heavy atom. The molecular weight excluding hydrogens is 288 g/mol. The lowest BCUT2D eigenvalue weighted by Gasteiger charge is -2.09. The lowest BCUT2D eigenvalue weighted by molar-refractivity contribution is 0.0601. The van der Waals surface area contributed by atoms with Gasteiger partial charge in [0.25, 0.3) is 0 Å². The minimum absolute atomic E-state index is 0.316. The monoisotopic (exact) mass is 308 g/mol. The third kappa shape index (κ3) is 2.72. The van der Waals surface area contributed by atoms with Crippen molar-refractivity contribution in [2.45, 2.75) is 26.7 Å². The van der Waals surface area contributed by atoms with Gasteiger partial charge in [0.05, 0.1) is 18.4 Å². The molecular formula is C19H20N2O2. The lowest BCUT2D eigenvalue weighted by Crippen LogP contribution is -2.00. The highest BCUT2D eigenvalue weighted by atomic mass is 16.5. The van der Waals surface area contributed by atoms with Gasteiger partial charge >= 0.3 is 5.97 Å². The number of nitrogens with one attached hydrogen (secondary N) is 1. The molecule has 0 aliphatic rings. The Morgan fingerprint density at radius 3 is 2.65 bits per heavy atom. The molecule has 1 aromatic carbocycles. The number of benzene rings is 1. The second-order valence-corrected chi connectivity index (χ2v) is 6.01. The molecule has 4 heteroatoms. The van der Waals surface area contributed by atoms with Crippen molar-refractivity contribution in [3.8, 4) is 11.3 Å². The van der Waals surface area contributed by atoms with Crippen molar-refractivity contribution in [3.63, 3.8) is 0 Å². The zero-order valence-electron chi connectivity index (χ0n) is 13.8. The van der Waals surface area contributed by atoms with E-state index in [-0.39, 0.29) is 5.97 Å². The fourth-order valence-corrected chi connectivity index (χ4v) is 2.99. The molecule has 0 saturated carbocycles. The van der Waals surface area contributed by atoms with E-state index in [0.717, 1.165) is 27.9 Å². The summed E-state index contributed by atoms with van der Waals surface area (Å²) in [5, 5.41) is 1.06. The van der Waals surface area contributed by atoms with Crippen molar-refractivity contribution < 1.29 is 9.53 Å². The van der Waals surface area contributed by atoms with Gasteiger partial charge in [-0.05, 0) is 48.7 Å². The van der Waals surface area contributed by atoms with E-state index < -0.39 is 0 Å². The van der Waals surface area contributed by atoms with E-state index in [1.54, 1.807) is 6.07 Å². The number of esters is 1. The highest BCUT2D eigenvalue weighted by Crippen LogP contribution is 2.36. The summed E-state index contributed by atoms with van der Waals surface area (Å²) in [6.07, 6.45) is 1.82. The van der Waals surface area contributed by atoms with E-state index in [1.165, 1.54) is 12.7 Å². The topological polar surface area (TPSA) is 55.0 Å². The predicted octanol–water partition coefficient (Wildman–Crippen LogP) is 4.45. The number of hydrogen-bond acceptors (Lipinski definition) is 3. The molecule has 0 saturated heterocycles. The number of aryl methyl sites for hydroxylation is 1. The van der Waals surface area contributed by atoms with Crippen LogP contribution < -0.4 is 0 Å². The molecule has 0 amide bonds. The largest absolute Gasteiger partial charge is 0.465 e. The van der Waals surface area contributed by atoms with Crippen LogP contribution >= 0.6 is 0 Å². The Balaban J connectivity index is 2.26. The summed E-state index contributed by atoms with van der Waals surface area (Å²) in [7, 11) is 1.40. The van der Waals surface area contributed by atoms with Crippen LogP contribution in [0.1, 0.15) is 41.4 Å². The van der Waals surface area contributed by atoms with Crippen LogP contribution in [0.25, 0.3) is 22.2 Å². The Labute approximate surface area is 135 Å². The first-order valence-corrected chi connectivity index (χ1v) is 7.68. The number of carbonyl (C=O) groups excluding carboxylic acids is 1. The highest BCUT2D eigenvalue weighted by molar-refractivity contribution is 5.98. The van der Waals surface area contributed by atoms with Crippen LogP contribution in [0.4, 0.5) is 0 Å². The number of carbonyl (C=O) groups is 1. The second kappa shape index (κ2) is 5.88. The first-order valence-electron chi connectivity index (χ1n) is 7.68. The molecule has 2 heterocycles. The quantitative estimate of drug-likeness (QED) is 0.727. The van der Waals surface area contributed by atoms with Gasteiger partial charge in [-0.1, -0.05) is 13.8 Å². The third-order valence-corrected chi connectivity index (χ3v) is 4.02. The SMILES string of the molecule is COC(=O)c1ccc2[nH]c(-c3ccnc(C)c3)c(C(C)C)c2c1. The standard InChI is InChI=1S/C19H20N2O2/c1-11(2)17-15-10-14(19(22)23-4)5-6-16(15)21-18(17)13-7-8-20-12(3)9-13/h5-11,21H,1-4H3. The van der Waals surface area contributed by atoms with Crippen molar-refractivity contribution in [1.82, 2.24) is 9.97 Å². The summed E-state index contributed by atoms with van der Waals surface area (Å²) in [6, 6.07) is 9.70. The zero-order valence-corrected chi connectivity index (χ0v) is 13.8. The summed E-state index contributed by atoms with van der Waals surface area (Å²) in [6.45, 7) is 6.30. The van der Waals surface area contributed by atoms with Gasteiger partial charge in [0.15, 0.2) is 0 Å². The zero-order chi connectivity index (χ0) is 16.6. The maximum atomic E-state index is 11.8. The van der Waals surface area contributed by atoms with Gasteiger partial charge in [-0.3, -0.25) is 4.98 Å². The van der Waals surface area contributed by atoms with Gasteiger partial charge in [0, 0.05) is 28.4 Å². The molecule has 1 N–H and O–H groups in total. The average molecular weight is 308 g/mol. The Hall–Kier alpha value is -2.62. The van der Waals surface area contributed by atoms with Crippen LogP contribution in [0.5, 0.6) is 0 Å². The van der Waals surface area contributed by atoms with Crippen LogP contribution in [-0.2, 0) is 4.74 Å². The third-order valence-electron chi connectivity index (χ3n) is 4.02. The van der Waals surface area contributed by atoms with Gasteiger partial charge < -0.3 is 9.72 Å².